The van der Waals surface area contributed by atoms with Crippen LogP contribution in [0.1, 0.15) is 27.9 Å². The number of halogens is 1. The lowest BCUT2D eigenvalue weighted by atomic mass is 10.0. The molecule has 0 aliphatic carbocycles. The lowest BCUT2D eigenvalue weighted by molar-refractivity contribution is 0.1000. The molecule has 1 heterocycles. The van der Waals surface area contributed by atoms with Gasteiger partial charge in [0.15, 0.2) is 0 Å². The van der Waals surface area contributed by atoms with E-state index in [1.54, 1.807) is 37.3 Å². The lowest BCUT2D eigenvalue weighted by Gasteiger charge is -2.31. The number of primary amides is 1. The molecule has 0 saturated carbocycles. The van der Waals surface area contributed by atoms with Crippen LogP contribution in [0.4, 0.5) is 5.69 Å². The first kappa shape index (κ1) is 17.0. The zero-order chi connectivity index (χ0) is 17.5. The van der Waals surface area contributed by atoms with Crippen LogP contribution in [-0.2, 0) is 16.4 Å². The SMILES string of the molecule is Cc1ccc(Br)cc1S(=O)(=O)N1CCCc2cc(C(N)=O)ccc21. The zero-order valence-electron chi connectivity index (χ0n) is 13.1. The molecule has 0 unspecified atom stereocenters. The standard InChI is InChI=1S/C17H17BrN2O3S/c1-11-4-6-14(18)10-16(11)24(22,23)20-8-2-3-12-9-13(17(19)21)5-7-15(12)20/h4-7,9-10H,2-3,8H2,1H3,(H2,19,21). The Morgan fingerprint density at radius 3 is 2.67 bits per heavy atom. The van der Waals surface area contributed by atoms with Gasteiger partial charge in [-0.1, -0.05) is 22.0 Å². The fourth-order valence-electron chi connectivity index (χ4n) is 2.94. The largest absolute Gasteiger partial charge is 0.366 e. The van der Waals surface area contributed by atoms with Crippen molar-refractivity contribution >= 4 is 37.5 Å². The van der Waals surface area contributed by atoms with Gasteiger partial charge in [0.25, 0.3) is 10.0 Å². The Labute approximate surface area is 149 Å². The molecule has 3 rings (SSSR count). The van der Waals surface area contributed by atoms with Gasteiger partial charge in [-0.25, -0.2) is 8.42 Å². The van der Waals surface area contributed by atoms with Crippen molar-refractivity contribution in [1.29, 1.82) is 0 Å². The summed E-state index contributed by atoms with van der Waals surface area (Å²) in [5.41, 5.74) is 7.85. The first-order chi connectivity index (χ1) is 11.3. The first-order valence-corrected chi connectivity index (χ1v) is 9.75. The van der Waals surface area contributed by atoms with E-state index < -0.39 is 15.9 Å². The van der Waals surface area contributed by atoms with Gasteiger partial charge in [-0.3, -0.25) is 9.10 Å². The van der Waals surface area contributed by atoms with Crippen LogP contribution in [0.5, 0.6) is 0 Å². The fourth-order valence-corrected chi connectivity index (χ4v) is 5.24. The molecule has 0 fully saturated rings. The number of carbonyl (C=O) groups is 1. The quantitative estimate of drug-likeness (QED) is 0.847. The average molecular weight is 409 g/mol. The van der Waals surface area contributed by atoms with Crippen LogP contribution in [0.2, 0.25) is 0 Å². The maximum atomic E-state index is 13.2. The van der Waals surface area contributed by atoms with E-state index in [4.69, 9.17) is 5.73 Å². The van der Waals surface area contributed by atoms with Crippen LogP contribution in [0.3, 0.4) is 0 Å². The van der Waals surface area contributed by atoms with Gasteiger partial charge in [0, 0.05) is 16.6 Å². The van der Waals surface area contributed by atoms with Gasteiger partial charge in [0.2, 0.25) is 5.91 Å². The van der Waals surface area contributed by atoms with E-state index in [1.165, 1.54) is 4.31 Å². The maximum absolute atomic E-state index is 13.2. The molecule has 0 radical (unpaired) electrons. The van der Waals surface area contributed by atoms with Crippen molar-refractivity contribution in [1.82, 2.24) is 0 Å². The average Bonchev–Trinajstić information content (AvgIpc) is 2.55. The van der Waals surface area contributed by atoms with Crippen molar-refractivity contribution in [3.63, 3.8) is 0 Å². The summed E-state index contributed by atoms with van der Waals surface area (Å²) >= 11 is 3.34. The third-order valence-electron chi connectivity index (χ3n) is 4.16. The number of hydrogen-bond donors (Lipinski definition) is 1. The van der Waals surface area contributed by atoms with Crippen molar-refractivity contribution in [2.75, 3.05) is 10.8 Å². The minimum atomic E-state index is -3.67. The summed E-state index contributed by atoms with van der Waals surface area (Å²) in [6, 6.07) is 10.1. The normalized spacial score (nSPS) is 14.3. The van der Waals surface area contributed by atoms with Crippen LogP contribution in [-0.4, -0.2) is 20.9 Å². The number of aryl methyl sites for hydroxylation is 2. The fraction of sp³-hybridized carbons (Fsp3) is 0.235. The van der Waals surface area contributed by atoms with E-state index in [0.29, 0.717) is 34.3 Å². The molecule has 0 atom stereocenters. The van der Waals surface area contributed by atoms with E-state index in [1.807, 2.05) is 6.07 Å². The van der Waals surface area contributed by atoms with Gasteiger partial charge >= 0.3 is 0 Å². The molecule has 7 heteroatoms. The molecule has 2 aromatic carbocycles. The molecule has 1 aliphatic rings. The van der Waals surface area contributed by atoms with Gasteiger partial charge in [0.1, 0.15) is 0 Å². The second-order valence-corrected chi connectivity index (χ2v) is 8.54. The van der Waals surface area contributed by atoms with Crippen LogP contribution in [0.25, 0.3) is 0 Å². The first-order valence-electron chi connectivity index (χ1n) is 7.52. The van der Waals surface area contributed by atoms with Gasteiger partial charge in [-0.2, -0.15) is 0 Å². The van der Waals surface area contributed by atoms with E-state index in [-0.39, 0.29) is 4.90 Å². The second kappa shape index (κ2) is 6.22. The Morgan fingerprint density at radius 1 is 1.21 bits per heavy atom. The number of carbonyl (C=O) groups excluding carboxylic acids is 1. The number of anilines is 1. The van der Waals surface area contributed by atoms with E-state index in [0.717, 1.165) is 12.0 Å². The number of amides is 1. The smallest absolute Gasteiger partial charge is 0.264 e. The Bertz CT molecular complexity index is 925. The molecule has 2 aromatic rings. The van der Waals surface area contributed by atoms with Crippen molar-refractivity contribution in [3.8, 4) is 0 Å². The van der Waals surface area contributed by atoms with Gasteiger partial charge in [-0.15, -0.1) is 0 Å². The molecular formula is C17H17BrN2O3S. The highest BCUT2D eigenvalue weighted by Crippen LogP contribution is 2.34. The highest BCUT2D eigenvalue weighted by molar-refractivity contribution is 9.10. The van der Waals surface area contributed by atoms with Gasteiger partial charge in [-0.05, 0) is 61.2 Å². The van der Waals surface area contributed by atoms with Crippen LogP contribution < -0.4 is 10.0 Å². The summed E-state index contributed by atoms with van der Waals surface area (Å²) < 4.78 is 28.4. The second-order valence-electron chi connectivity index (χ2n) is 5.80. The number of rotatable bonds is 3. The number of nitrogens with zero attached hydrogens (tertiary/aromatic N) is 1. The summed E-state index contributed by atoms with van der Waals surface area (Å²) in [4.78, 5) is 11.6. The Balaban J connectivity index is 2.11. The number of sulfonamides is 1. The molecule has 2 N–H and O–H groups in total. The Morgan fingerprint density at radius 2 is 1.96 bits per heavy atom. The summed E-state index contributed by atoms with van der Waals surface area (Å²) in [7, 11) is -3.67. The Hall–Kier alpha value is -1.86. The van der Waals surface area contributed by atoms with E-state index in [2.05, 4.69) is 15.9 Å². The zero-order valence-corrected chi connectivity index (χ0v) is 15.5. The van der Waals surface area contributed by atoms with Crippen LogP contribution >= 0.6 is 15.9 Å². The molecule has 24 heavy (non-hydrogen) atoms. The van der Waals surface area contributed by atoms with E-state index >= 15 is 0 Å². The van der Waals surface area contributed by atoms with Gasteiger partial charge in [0.05, 0.1) is 10.6 Å². The van der Waals surface area contributed by atoms with Crippen LogP contribution in [0.15, 0.2) is 45.8 Å². The molecule has 1 aliphatic heterocycles. The number of hydrogen-bond acceptors (Lipinski definition) is 3. The predicted octanol–water partition coefficient (Wildman–Crippen LogP) is 3.00. The third kappa shape index (κ3) is 2.93. The van der Waals surface area contributed by atoms with Crippen molar-refractivity contribution in [2.45, 2.75) is 24.7 Å². The highest BCUT2D eigenvalue weighted by atomic mass is 79.9. The summed E-state index contributed by atoms with van der Waals surface area (Å²) in [6.45, 7) is 2.19. The molecule has 1 amide bonds. The molecule has 0 saturated heterocycles. The predicted molar refractivity (Wildman–Crippen MR) is 96.7 cm³/mol. The summed E-state index contributed by atoms with van der Waals surface area (Å²) in [5, 5.41) is 0. The monoisotopic (exact) mass is 408 g/mol. The minimum absolute atomic E-state index is 0.281. The van der Waals surface area contributed by atoms with Crippen molar-refractivity contribution < 1.29 is 13.2 Å². The molecule has 126 valence electrons. The summed E-state index contributed by atoms with van der Waals surface area (Å²) in [6.07, 6.45) is 1.42. The lowest BCUT2D eigenvalue weighted by Crippen LogP contribution is -2.36. The molecule has 5 nitrogen and oxygen atoms in total. The molecule has 0 aromatic heterocycles. The number of fused-ring (bicyclic) bond motifs is 1. The van der Waals surface area contributed by atoms with Crippen molar-refractivity contribution in [2.24, 2.45) is 5.73 Å². The van der Waals surface area contributed by atoms with Crippen LogP contribution in [0, 0.1) is 6.92 Å². The number of nitrogens with two attached hydrogens (primary N) is 1. The topological polar surface area (TPSA) is 80.5 Å². The number of benzene rings is 2. The minimum Gasteiger partial charge on any atom is -0.366 e. The molecule has 0 spiro atoms. The Kier molecular flexibility index (Phi) is 4.40. The third-order valence-corrected chi connectivity index (χ3v) is 6.61. The van der Waals surface area contributed by atoms with Crippen molar-refractivity contribution in [3.05, 3.63) is 57.6 Å². The molecule has 0 bridgehead atoms. The van der Waals surface area contributed by atoms with Gasteiger partial charge < -0.3 is 5.73 Å². The highest BCUT2D eigenvalue weighted by Gasteiger charge is 2.30. The maximum Gasteiger partial charge on any atom is 0.264 e. The molecular weight excluding hydrogens is 392 g/mol. The van der Waals surface area contributed by atoms with E-state index in [9.17, 15) is 13.2 Å². The summed E-state index contributed by atoms with van der Waals surface area (Å²) in [5.74, 6) is -0.513.